The van der Waals surface area contributed by atoms with Gasteiger partial charge in [-0.15, -0.1) is 4.99 Å². The normalized spacial score (nSPS) is 21.3. The van der Waals surface area contributed by atoms with Crippen molar-refractivity contribution in [3.63, 3.8) is 0 Å². The summed E-state index contributed by atoms with van der Waals surface area (Å²) in [5.74, 6) is 1.05. The summed E-state index contributed by atoms with van der Waals surface area (Å²) in [6, 6.07) is 0.456. The maximum absolute atomic E-state index is 8.35. The molecule has 0 atom stereocenters. The summed E-state index contributed by atoms with van der Waals surface area (Å²) in [5.41, 5.74) is 0. The number of rotatable bonds is 1. The minimum absolute atomic E-state index is 0.456. The van der Waals surface area contributed by atoms with Crippen LogP contribution in [0, 0.1) is 11.5 Å². The van der Waals surface area contributed by atoms with Crippen molar-refractivity contribution in [2.45, 2.75) is 19.9 Å². The van der Waals surface area contributed by atoms with Gasteiger partial charge in [0.2, 0.25) is 6.19 Å². The van der Waals surface area contributed by atoms with Gasteiger partial charge in [0.15, 0.2) is 5.17 Å². The summed E-state index contributed by atoms with van der Waals surface area (Å²) in [4.78, 5) is 5.88. The van der Waals surface area contributed by atoms with E-state index in [1.807, 2.05) is 6.19 Å². The first-order chi connectivity index (χ1) is 5.25. The molecule has 0 radical (unpaired) electrons. The average Bonchev–Trinajstić information content (AvgIpc) is 2.36. The predicted octanol–water partition coefficient (Wildman–Crippen LogP) is 1.28. The Hall–Kier alpha value is -0.690. The summed E-state index contributed by atoms with van der Waals surface area (Å²) in [5, 5.41) is 9.23. The highest BCUT2D eigenvalue weighted by molar-refractivity contribution is 8.14. The molecule has 4 heteroatoms. The van der Waals surface area contributed by atoms with Crippen LogP contribution in [0.4, 0.5) is 0 Å². The van der Waals surface area contributed by atoms with E-state index < -0.39 is 0 Å². The molecular formula is C7H11N3S. The maximum atomic E-state index is 8.35. The Morgan fingerprint density at radius 3 is 3.00 bits per heavy atom. The van der Waals surface area contributed by atoms with Gasteiger partial charge in [-0.1, -0.05) is 11.8 Å². The van der Waals surface area contributed by atoms with Crippen LogP contribution in [0.5, 0.6) is 0 Å². The molecule has 1 rings (SSSR count). The summed E-state index contributed by atoms with van der Waals surface area (Å²) in [6.45, 7) is 5.24. The van der Waals surface area contributed by atoms with Gasteiger partial charge >= 0.3 is 0 Å². The zero-order valence-electron chi connectivity index (χ0n) is 6.74. The monoisotopic (exact) mass is 169 g/mol. The van der Waals surface area contributed by atoms with Crippen molar-refractivity contribution in [3.8, 4) is 6.19 Å². The molecule has 11 heavy (non-hydrogen) atoms. The number of hydrogen-bond acceptors (Lipinski definition) is 3. The van der Waals surface area contributed by atoms with Gasteiger partial charge in [-0.3, -0.25) is 0 Å². The highest BCUT2D eigenvalue weighted by Gasteiger charge is 2.21. The Labute approximate surface area is 71.1 Å². The molecule has 0 N–H and O–H groups in total. The van der Waals surface area contributed by atoms with E-state index >= 15 is 0 Å². The van der Waals surface area contributed by atoms with E-state index in [0.29, 0.717) is 6.04 Å². The second-order valence-corrected chi connectivity index (χ2v) is 3.69. The Kier molecular flexibility index (Phi) is 2.77. The van der Waals surface area contributed by atoms with Gasteiger partial charge in [0.25, 0.3) is 0 Å². The molecule has 0 aromatic heterocycles. The van der Waals surface area contributed by atoms with E-state index in [1.165, 1.54) is 0 Å². The molecule has 1 fully saturated rings. The molecule has 0 aliphatic carbocycles. The summed E-state index contributed by atoms with van der Waals surface area (Å²) in [7, 11) is 0. The van der Waals surface area contributed by atoms with E-state index in [0.717, 1.165) is 17.5 Å². The molecule has 0 bridgehead atoms. The topological polar surface area (TPSA) is 39.4 Å². The van der Waals surface area contributed by atoms with Crippen LogP contribution >= 0.6 is 11.8 Å². The standard InChI is InChI=1S/C7H11N3S/c1-6(2)10-3-4-11-7(10)9-5-8/h6H,3-4H2,1-2H3/b9-7-. The first-order valence-corrected chi connectivity index (χ1v) is 4.60. The molecule has 0 amide bonds. The zero-order valence-corrected chi connectivity index (χ0v) is 7.56. The van der Waals surface area contributed by atoms with E-state index in [2.05, 4.69) is 23.7 Å². The van der Waals surface area contributed by atoms with Crippen molar-refractivity contribution in [1.29, 1.82) is 5.26 Å². The minimum Gasteiger partial charge on any atom is -0.347 e. The van der Waals surface area contributed by atoms with Crippen LogP contribution in [0.15, 0.2) is 4.99 Å². The smallest absolute Gasteiger partial charge is 0.208 e. The number of hydrogen-bond donors (Lipinski definition) is 0. The van der Waals surface area contributed by atoms with Crippen molar-refractivity contribution in [2.75, 3.05) is 12.3 Å². The van der Waals surface area contributed by atoms with E-state index in [9.17, 15) is 0 Å². The largest absolute Gasteiger partial charge is 0.347 e. The van der Waals surface area contributed by atoms with Crippen LogP contribution in [-0.4, -0.2) is 28.4 Å². The molecule has 1 aliphatic rings. The molecule has 3 nitrogen and oxygen atoms in total. The van der Waals surface area contributed by atoms with Crippen LogP contribution in [0.25, 0.3) is 0 Å². The fourth-order valence-corrected chi connectivity index (χ4v) is 2.08. The van der Waals surface area contributed by atoms with Crippen molar-refractivity contribution in [1.82, 2.24) is 4.90 Å². The maximum Gasteiger partial charge on any atom is 0.208 e. The number of nitriles is 1. The van der Waals surface area contributed by atoms with Crippen LogP contribution in [0.3, 0.4) is 0 Å². The average molecular weight is 169 g/mol. The van der Waals surface area contributed by atoms with E-state index in [-0.39, 0.29) is 0 Å². The molecular weight excluding hydrogens is 158 g/mol. The fourth-order valence-electron chi connectivity index (χ4n) is 1.03. The van der Waals surface area contributed by atoms with Gasteiger partial charge in [0.05, 0.1) is 0 Å². The minimum atomic E-state index is 0.456. The molecule has 0 spiro atoms. The summed E-state index contributed by atoms with van der Waals surface area (Å²) < 4.78 is 0. The van der Waals surface area contributed by atoms with Crippen LogP contribution in [0.2, 0.25) is 0 Å². The number of aliphatic imine (C=N–C) groups is 1. The molecule has 1 heterocycles. The highest BCUT2D eigenvalue weighted by atomic mass is 32.2. The van der Waals surface area contributed by atoms with Gasteiger partial charge in [-0.2, -0.15) is 5.26 Å². The van der Waals surface area contributed by atoms with E-state index in [1.54, 1.807) is 11.8 Å². The Balaban J connectivity index is 2.67. The molecule has 0 aromatic carbocycles. The van der Waals surface area contributed by atoms with Gasteiger partial charge in [-0.05, 0) is 13.8 Å². The third kappa shape index (κ3) is 1.87. The Bertz CT molecular complexity index is 204. The second kappa shape index (κ2) is 3.63. The lowest BCUT2D eigenvalue weighted by Gasteiger charge is -2.20. The second-order valence-electron chi connectivity index (χ2n) is 2.63. The van der Waals surface area contributed by atoms with Gasteiger partial charge < -0.3 is 4.90 Å². The Morgan fingerprint density at radius 1 is 1.73 bits per heavy atom. The Morgan fingerprint density at radius 2 is 2.45 bits per heavy atom. The zero-order chi connectivity index (χ0) is 8.27. The first kappa shape index (κ1) is 8.41. The molecule has 0 unspecified atom stereocenters. The highest BCUT2D eigenvalue weighted by Crippen LogP contribution is 2.19. The third-order valence-corrected chi connectivity index (χ3v) is 2.55. The molecule has 0 saturated carbocycles. The lowest BCUT2D eigenvalue weighted by atomic mass is 10.3. The summed E-state index contributed by atoms with van der Waals surface area (Å²) >= 11 is 1.66. The van der Waals surface area contributed by atoms with Crippen LogP contribution in [-0.2, 0) is 0 Å². The van der Waals surface area contributed by atoms with Gasteiger partial charge in [-0.25, -0.2) is 0 Å². The van der Waals surface area contributed by atoms with Crippen molar-refractivity contribution in [2.24, 2.45) is 4.99 Å². The molecule has 1 aliphatic heterocycles. The predicted molar refractivity (Wildman–Crippen MR) is 47.3 cm³/mol. The first-order valence-electron chi connectivity index (χ1n) is 3.62. The van der Waals surface area contributed by atoms with E-state index in [4.69, 9.17) is 5.26 Å². The van der Waals surface area contributed by atoms with Crippen LogP contribution < -0.4 is 0 Å². The molecule has 0 aromatic rings. The fraction of sp³-hybridized carbons (Fsp3) is 0.714. The van der Waals surface area contributed by atoms with Crippen molar-refractivity contribution >= 4 is 16.9 Å². The third-order valence-electron chi connectivity index (χ3n) is 1.58. The van der Waals surface area contributed by atoms with Crippen LogP contribution in [0.1, 0.15) is 13.8 Å². The molecule has 60 valence electrons. The quantitative estimate of drug-likeness (QED) is 0.555. The molecule has 1 saturated heterocycles. The van der Waals surface area contributed by atoms with Gasteiger partial charge in [0.1, 0.15) is 0 Å². The SMILES string of the molecule is CC(C)N1CCS/C1=N\C#N. The number of nitrogens with zero attached hydrogens (tertiary/aromatic N) is 3. The number of thioether (sulfide) groups is 1. The number of amidine groups is 1. The van der Waals surface area contributed by atoms with Crippen molar-refractivity contribution in [3.05, 3.63) is 0 Å². The lowest BCUT2D eigenvalue weighted by Crippen LogP contribution is -2.31. The summed E-state index contributed by atoms with van der Waals surface area (Å²) in [6.07, 6.45) is 1.82. The lowest BCUT2D eigenvalue weighted by molar-refractivity contribution is 0.384. The van der Waals surface area contributed by atoms with Gasteiger partial charge in [0, 0.05) is 18.3 Å². The van der Waals surface area contributed by atoms with Crippen molar-refractivity contribution < 1.29 is 0 Å².